The normalized spacial score (nSPS) is 9.53. The molecule has 0 radical (unpaired) electrons. The summed E-state index contributed by atoms with van der Waals surface area (Å²) in [5.74, 6) is 6.25. The van der Waals surface area contributed by atoms with Gasteiger partial charge in [-0.3, -0.25) is 4.79 Å². The number of hydrogen-bond donors (Lipinski definition) is 1. The SMILES string of the molecule is CCCC(=O)Nc1cccc(C#Cc2cccs2)c1. The minimum Gasteiger partial charge on any atom is -0.326 e. The molecule has 0 saturated carbocycles. The standard InChI is InChI=1S/C16H15NOS/c1-2-5-16(18)17-14-7-3-6-13(12-14)9-10-15-8-4-11-19-15/h3-4,6-8,11-12H,2,5H2,1H3,(H,17,18). The molecule has 2 rings (SSSR count). The molecule has 0 saturated heterocycles. The average molecular weight is 269 g/mol. The number of hydrogen-bond acceptors (Lipinski definition) is 2. The summed E-state index contributed by atoms with van der Waals surface area (Å²) in [5, 5.41) is 4.88. The van der Waals surface area contributed by atoms with Gasteiger partial charge in [0.25, 0.3) is 0 Å². The van der Waals surface area contributed by atoms with E-state index in [4.69, 9.17) is 0 Å². The molecule has 1 aromatic carbocycles. The highest BCUT2D eigenvalue weighted by atomic mass is 32.1. The molecule has 0 spiro atoms. The zero-order valence-corrected chi connectivity index (χ0v) is 11.6. The van der Waals surface area contributed by atoms with Gasteiger partial charge in [-0.1, -0.05) is 30.9 Å². The second-order valence-electron chi connectivity index (χ2n) is 4.11. The van der Waals surface area contributed by atoms with Crippen LogP contribution in [0.15, 0.2) is 41.8 Å². The number of anilines is 1. The summed E-state index contributed by atoms with van der Waals surface area (Å²) in [6.07, 6.45) is 1.40. The van der Waals surface area contributed by atoms with Gasteiger partial charge < -0.3 is 5.32 Å². The minimum absolute atomic E-state index is 0.0471. The molecule has 0 aliphatic carbocycles. The quantitative estimate of drug-likeness (QED) is 0.842. The van der Waals surface area contributed by atoms with Gasteiger partial charge in [0, 0.05) is 17.7 Å². The molecule has 1 aromatic heterocycles. The fraction of sp³-hybridized carbons (Fsp3) is 0.188. The molecule has 2 aromatic rings. The molecular weight excluding hydrogens is 254 g/mol. The lowest BCUT2D eigenvalue weighted by molar-refractivity contribution is -0.116. The Hall–Kier alpha value is -2.05. The van der Waals surface area contributed by atoms with E-state index < -0.39 is 0 Å². The van der Waals surface area contributed by atoms with Crippen LogP contribution in [0.1, 0.15) is 30.2 Å². The van der Waals surface area contributed by atoms with Crippen molar-refractivity contribution in [2.45, 2.75) is 19.8 Å². The van der Waals surface area contributed by atoms with Crippen molar-refractivity contribution in [3.63, 3.8) is 0 Å². The first-order chi connectivity index (χ1) is 9.28. The third-order valence-electron chi connectivity index (χ3n) is 2.47. The van der Waals surface area contributed by atoms with Crippen molar-refractivity contribution in [3.8, 4) is 11.8 Å². The maximum atomic E-state index is 11.5. The fourth-order valence-electron chi connectivity index (χ4n) is 1.61. The van der Waals surface area contributed by atoms with E-state index in [0.29, 0.717) is 6.42 Å². The number of benzene rings is 1. The van der Waals surface area contributed by atoms with Gasteiger partial charge in [0.05, 0.1) is 4.88 Å². The molecule has 1 heterocycles. The van der Waals surface area contributed by atoms with E-state index in [0.717, 1.165) is 22.5 Å². The molecule has 0 fully saturated rings. The van der Waals surface area contributed by atoms with E-state index >= 15 is 0 Å². The predicted octanol–water partition coefficient (Wildman–Crippen LogP) is 3.89. The van der Waals surface area contributed by atoms with Gasteiger partial charge in [0.15, 0.2) is 0 Å². The first-order valence-electron chi connectivity index (χ1n) is 6.23. The van der Waals surface area contributed by atoms with Crippen LogP contribution in [0.3, 0.4) is 0 Å². The Morgan fingerprint density at radius 2 is 2.16 bits per heavy atom. The zero-order valence-electron chi connectivity index (χ0n) is 10.8. The van der Waals surface area contributed by atoms with Crippen molar-refractivity contribution in [1.29, 1.82) is 0 Å². The van der Waals surface area contributed by atoms with Gasteiger partial charge in [0.1, 0.15) is 0 Å². The van der Waals surface area contributed by atoms with Gasteiger partial charge >= 0.3 is 0 Å². The van der Waals surface area contributed by atoms with Crippen molar-refractivity contribution in [2.24, 2.45) is 0 Å². The Labute approximate surface area is 117 Å². The number of rotatable bonds is 3. The van der Waals surface area contributed by atoms with E-state index in [9.17, 15) is 4.79 Å². The highest BCUT2D eigenvalue weighted by molar-refractivity contribution is 7.10. The molecule has 3 heteroatoms. The number of carbonyl (C=O) groups excluding carboxylic acids is 1. The van der Waals surface area contributed by atoms with Crippen LogP contribution in [0.2, 0.25) is 0 Å². The lowest BCUT2D eigenvalue weighted by Gasteiger charge is -2.04. The molecule has 0 bridgehead atoms. The highest BCUT2D eigenvalue weighted by Crippen LogP contribution is 2.11. The Bertz CT molecular complexity index is 605. The molecule has 0 aliphatic rings. The van der Waals surface area contributed by atoms with Crippen molar-refractivity contribution < 1.29 is 4.79 Å². The van der Waals surface area contributed by atoms with Crippen LogP contribution in [0.4, 0.5) is 5.69 Å². The van der Waals surface area contributed by atoms with Crippen LogP contribution in [-0.2, 0) is 4.79 Å². The maximum Gasteiger partial charge on any atom is 0.224 e. The Kier molecular flexibility index (Phi) is 4.77. The summed E-state index contributed by atoms with van der Waals surface area (Å²) in [6, 6.07) is 11.6. The van der Waals surface area contributed by atoms with Crippen LogP contribution in [0, 0.1) is 11.8 Å². The third-order valence-corrected chi connectivity index (χ3v) is 3.26. The maximum absolute atomic E-state index is 11.5. The van der Waals surface area contributed by atoms with Crippen molar-refractivity contribution in [2.75, 3.05) is 5.32 Å². The minimum atomic E-state index is 0.0471. The van der Waals surface area contributed by atoms with Crippen LogP contribution in [0.5, 0.6) is 0 Å². The summed E-state index contributed by atoms with van der Waals surface area (Å²) < 4.78 is 0. The zero-order chi connectivity index (χ0) is 13.5. The average Bonchev–Trinajstić information content (AvgIpc) is 2.90. The first kappa shape index (κ1) is 13.4. The Balaban J connectivity index is 2.09. The molecule has 2 nitrogen and oxygen atoms in total. The molecule has 1 amide bonds. The summed E-state index contributed by atoms with van der Waals surface area (Å²) in [4.78, 5) is 12.6. The summed E-state index contributed by atoms with van der Waals surface area (Å²) in [5.41, 5.74) is 1.71. The number of nitrogens with one attached hydrogen (secondary N) is 1. The van der Waals surface area contributed by atoms with Gasteiger partial charge in [-0.15, -0.1) is 11.3 Å². The highest BCUT2D eigenvalue weighted by Gasteiger charge is 2.00. The van der Waals surface area contributed by atoms with Gasteiger partial charge in [-0.25, -0.2) is 0 Å². The Morgan fingerprint density at radius 1 is 1.26 bits per heavy atom. The van der Waals surface area contributed by atoms with Gasteiger partial charge in [-0.2, -0.15) is 0 Å². The lowest BCUT2D eigenvalue weighted by Crippen LogP contribution is -2.10. The topological polar surface area (TPSA) is 29.1 Å². The Morgan fingerprint density at radius 3 is 2.89 bits per heavy atom. The molecule has 1 N–H and O–H groups in total. The number of carbonyl (C=O) groups is 1. The summed E-state index contributed by atoms with van der Waals surface area (Å²) >= 11 is 1.62. The molecule has 0 atom stereocenters. The van der Waals surface area contributed by atoms with E-state index in [1.165, 1.54) is 0 Å². The second-order valence-corrected chi connectivity index (χ2v) is 5.05. The fourth-order valence-corrected chi connectivity index (χ4v) is 2.18. The van der Waals surface area contributed by atoms with E-state index in [1.54, 1.807) is 11.3 Å². The van der Waals surface area contributed by atoms with Gasteiger partial charge in [0.2, 0.25) is 5.91 Å². The molecule has 0 aliphatic heterocycles. The van der Waals surface area contributed by atoms with Crippen molar-refractivity contribution >= 4 is 22.9 Å². The second kappa shape index (κ2) is 6.77. The summed E-state index contributed by atoms with van der Waals surface area (Å²) in [7, 11) is 0. The first-order valence-corrected chi connectivity index (χ1v) is 7.11. The van der Waals surface area contributed by atoms with E-state index in [1.807, 2.05) is 48.7 Å². The van der Waals surface area contributed by atoms with Crippen molar-refractivity contribution in [3.05, 3.63) is 52.2 Å². The third kappa shape index (κ3) is 4.27. The van der Waals surface area contributed by atoms with Crippen LogP contribution in [0.25, 0.3) is 0 Å². The largest absolute Gasteiger partial charge is 0.326 e. The molecular formula is C16H15NOS. The summed E-state index contributed by atoms with van der Waals surface area (Å²) in [6.45, 7) is 1.99. The molecule has 96 valence electrons. The lowest BCUT2D eigenvalue weighted by atomic mass is 10.2. The van der Waals surface area contributed by atoms with E-state index in [2.05, 4.69) is 17.2 Å². The number of amides is 1. The molecule has 19 heavy (non-hydrogen) atoms. The smallest absolute Gasteiger partial charge is 0.224 e. The van der Waals surface area contributed by atoms with Crippen LogP contribution < -0.4 is 5.32 Å². The predicted molar refractivity (Wildman–Crippen MR) is 80.3 cm³/mol. The van der Waals surface area contributed by atoms with Gasteiger partial charge in [-0.05, 0) is 36.1 Å². The van der Waals surface area contributed by atoms with E-state index in [-0.39, 0.29) is 5.91 Å². The molecule has 0 unspecified atom stereocenters. The van der Waals surface area contributed by atoms with Crippen LogP contribution in [-0.4, -0.2) is 5.91 Å². The van der Waals surface area contributed by atoms with Crippen LogP contribution >= 0.6 is 11.3 Å². The number of thiophene rings is 1. The van der Waals surface area contributed by atoms with Crippen molar-refractivity contribution in [1.82, 2.24) is 0 Å². The monoisotopic (exact) mass is 269 g/mol.